The standard InChI is InChI=1S/C16H16N2OS/c1-2-17-16(20)14(18-11-7-4-8-12-18)15(19)13-9-5-3-6-10-13/h3-12,14H,2H2,1H3/p+1. The lowest BCUT2D eigenvalue weighted by Crippen LogP contribution is -2.51. The fourth-order valence-electron chi connectivity index (χ4n) is 2.01. The molecule has 0 amide bonds. The van der Waals surface area contributed by atoms with Gasteiger partial charge in [0.15, 0.2) is 17.4 Å². The van der Waals surface area contributed by atoms with E-state index in [4.69, 9.17) is 12.2 Å². The molecule has 1 unspecified atom stereocenters. The van der Waals surface area contributed by atoms with E-state index < -0.39 is 6.04 Å². The Kier molecular flexibility index (Phi) is 4.96. The Morgan fingerprint density at radius 3 is 2.35 bits per heavy atom. The van der Waals surface area contributed by atoms with Crippen LogP contribution in [0.1, 0.15) is 23.3 Å². The van der Waals surface area contributed by atoms with Crippen LogP contribution in [0.5, 0.6) is 0 Å². The summed E-state index contributed by atoms with van der Waals surface area (Å²) in [6.45, 7) is 2.66. The van der Waals surface area contributed by atoms with E-state index in [0.29, 0.717) is 17.1 Å². The van der Waals surface area contributed by atoms with Crippen molar-refractivity contribution in [1.29, 1.82) is 0 Å². The van der Waals surface area contributed by atoms with Gasteiger partial charge in [-0.25, -0.2) is 0 Å². The molecule has 3 nitrogen and oxygen atoms in total. The zero-order chi connectivity index (χ0) is 14.4. The second-order valence-electron chi connectivity index (χ2n) is 4.35. The number of benzene rings is 1. The maximum absolute atomic E-state index is 12.7. The number of nitrogens with zero attached hydrogens (tertiary/aromatic N) is 1. The SMILES string of the molecule is CCNC(=S)C(C(=O)c1ccccc1)[n+]1ccccc1. The fourth-order valence-corrected chi connectivity index (χ4v) is 2.38. The van der Waals surface area contributed by atoms with Gasteiger partial charge in [0, 0.05) is 24.2 Å². The summed E-state index contributed by atoms with van der Waals surface area (Å²) in [4.78, 5) is 13.3. The van der Waals surface area contributed by atoms with E-state index in [0.717, 1.165) is 0 Å². The minimum Gasteiger partial charge on any atom is -0.374 e. The van der Waals surface area contributed by atoms with Crippen LogP contribution in [0, 0.1) is 0 Å². The zero-order valence-corrected chi connectivity index (χ0v) is 12.1. The molecule has 0 radical (unpaired) electrons. The lowest BCUT2D eigenvalue weighted by Gasteiger charge is -2.13. The summed E-state index contributed by atoms with van der Waals surface area (Å²) >= 11 is 5.38. The Morgan fingerprint density at radius 1 is 1.15 bits per heavy atom. The Balaban J connectivity index is 2.37. The van der Waals surface area contributed by atoms with Gasteiger partial charge < -0.3 is 5.32 Å². The van der Waals surface area contributed by atoms with Crippen LogP contribution in [-0.2, 0) is 0 Å². The van der Waals surface area contributed by atoms with Crippen LogP contribution in [0.4, 0.5) is 0 Å². The van der Waals surface area contributed by atoms with Crippen molar-refractivity contribution in [2.24, 2.45) is 0 Å². The van der Waals surface area contributed by atoms with Crippen LogP contribution >= 0.6 is 12.2 Å². The molecular formula is C16H17N2OS+. The molecule has 0 fully saturated rings. The number of Topliss-reactive ketones (excluding diaryl/α,β-unsaturated/α-hetero) is 1. The largest absolute Gasteiger partial charge is 0.374 e. The predicted molar refractivity (Wildman–Crippen MR) is 82.7 cm³/mol. The Morgan fingerprint density at radius 2 is 1.75 bits per heavy atom. The number of carbonyl (C=O) groups is 1. The number of likely N-dealkylation sites (N-methyl/N-ethyl adjacent to an activating group) is 1. The lowest BCUT2D eigenvalue weighted by atomic mass is 10.0. The Bertz CT molecular complexity index is 584. The first-order valence-electron chi connectivity index (χ1n) is 6.56. The van der Waals surface area contributed by atoms with E-state index in [2.05, 4.69) is 5.32 Å². The van der Waals surface area contributed by atoms with Gasteiger partial charge in [-0.05, 0) is 6.92 Å². The molecule has 0 spiro atoms. The monoisotopic (exact) mass is 285 g/mol. The first-order valence-corrected chi connectivity index (χ1v) is 6.97. The molecule has 0 saturated heterocycles. The van der Waals surface area contributed by atoms with Crippen molar-refractivity contribution in [3.8, 4) is 0 Å². The van der Waals surface area contributed by atoms with Gasteiger partial charge in [-0.3, -0.25) is 4.79 Å². The number of hydrogen-bond donors (Lipinski definition) is 1. The van der Waals surface area contributed by atoms with Gasteiger partial charge in [0.2, 0.25) is 5.78 Å². The van der Waals surface area contributed by atoms with Crippen LogP contribution < -0.4 is 9.88 Å². The number of carbonyl (C=O) groups excluding carboxylic acids is 1. The Labute approximate surface area is 124 Å². The van der Waals surface area contributed by atoms with Crippen LogP contribution in [0.2, 0.25) is 0 Å². The molecule has 2 rings (SSSR count). The van der Waals surface area contributed by atoms with E-state index in [9.17, 15) is 4.79 Å². The van der Waals surface area contributed by atoms with Crippen LogP contribution in [0.15, 0.2) is 60.9 Å². The van der Waals surface area contributed by atoms with Gasteiger partial charge in [0.1, 0.15) is 0 Å². The first-order chi connectivity index (χ1) is 9.74. The Hall–Kier alpha value is -2.07. The van der Waals surface area contributed by atoms with Crippen molar-refractivity contribution < 1.29 is 9.36 Å². The van der Waals surface area contributed by atoms with Crippen molar-refractivity contribution in [3.05, 3.63) is 66.5 Å². The normalized spacial score (nSPS) is 11.7. The molecule has 2 aromatic rings. The fraction of sp³-hybridized carbons (Fsp3) is 0.188. The molecule has 0 aliphatic heterocycles. The molecule has 4 heteroatoms. The van der Waals surface area contributed by atoms with Gasteiger partial charge in [-0.1, -0.05) is 48.6 Å². The highest BCUT2D eigenvalue weighted by molar-refractivity contribution is 7.80. The average Bonchev–Trinajstić information content (AvgIpc) is 2.50. The average molecular weight is 285 g/mol. The third-order valence-corrected chi connectivity index (χ3v) is 3.31. The van der Waals surface area contributed by atoms with E-state index in [-0.39, 0.29) is 5.78 Å². The zero-order valence-electron chi connectivity index (χ0n) is 11.3. The molecule has 102 valence electrons. The van der Waals surface area contributed by atoms with Gasteiger partial charge in [-0.15, -0.1) is 0 Å². The first kappa shape index (κ1) is 14.3. The maximum Gasteiger partial charge on any atom is 0.270 e. The molecule has 1 aromatic carbocycles. The number of thiocarbonyl (C=S) groups is 1. The summed E-state index contributed by atoms with van der Waals surface area (Å²) in [5.41, 5.74) is 0.661. The number of hydrogen-bond acceptors (Lipinski definition) is 2. The number of ketones is 1. The van der Waals surface area contributed by atoms with E-state index in [1.165, 1.54) is 0 Å². The smallest absolute Gasteiger partial charge is 0.270 e. The summed E-state index contributed by atoms with van der Waals surface area (Å²) in [5, 5.41) is 3.08. The van der Waals surface area contributed by atoms with Gasteiger partial charge >= 0.3 is 0 Å². The maximum atomic E-state index is 12.7. The van der Waals surface area contributed by atoms with Crippen LogP contribution in [0.25, 0.3) is 0 Å². The molecule has 1 aromatic heterocycles. The van der Waals surface area contributed by atoms with Crippen molar-refractivity contribution in [2.45, 2.75) is 13.0 Å². The van der Waals surface area contributed by atoms with E-state index in [1.54, 1.807) is 0 Å². The van der Waals surface area contributed by atoms with E-state index in [1.807, 2.05) is 72.4 Å². The highest BCUT2D eigenvalue weighted by atomic mass is 32.1. The topological polar surface area (TPSA) is 33.0 Å². The molecule has 0 aliphatic carbocycles. The molecule has 1 N–H and O–H groups in total. The summed E-state index contributed by atoms with van der Waals surface area (Å²) in [6.07, 6.45) is 3.71. The molecule has 1 heterocycles. The highest BCUT2D eigenvalue weighted by Gasteiger charge is 2.32. The summed E-state index contributed by atoms with van der Waals surface area (Å²) in [5.74, 6) is -0.00671. The molecule has 0 aliphatic rings. The minimum atomic E-state index is -0.506. The van der Waals surface area contributed by atoms with Gasteiger partial charge in [-0.2, -0.15) is 4.57 Å². The molecular weight excluding hydrogens is 268 g/mol. The summed E-state index contributed by atoms with van der Waals surface area (Å²) < 4.78 is 1.83. The number of rotatable bonds is 5. The number of nitrogens with one attached hydrogen (secondary N) is 1. The van der Waals surface area contributed by atoms with Gasteiger partial charge in [0.25, 0.3) is 6.04 Å². The number of aromatic nitrogens is 1. The molecule has 0 saturated carbocycles. The minimum absolute atomic E-state index is 0.00671. The third-order valence-electron chi connectivity index (χ3n) is 2.94. The molecule has 1 atom stereocenters. The van der Waals surface area contributed by atoms with Crippen molar-refractivity contribution in [2.75, 3.05) is 6.54 Å². The molecule has 0 bridgehead atoms. The third kappa shape index (κ3) is 3.27. The highest BCUT2D eigenvalue weighted by Crippen LogP contribution is 2.10. The van der Waals surface area contributed by atoms with Crippen molar-refractivity contribution >= 4 is 23.0 Å². The molecule has 20 heavy (non-hydrogen) atoms. The van der Waals surface area contributed by atoms with Crippen molar-refractivity contribution in [3.63, 3.8) is 0 Å². The van der Waals surface area contributed by atoms with Crippen LogP contribution in [0.3, 0.4) is 0 Å². The second-order valence-corrected chi connectivity index (χ2v) is 4.79. The summed E-state index contributed by atoms with van der Waals surface area (Å²) in [7, 11) is 0. The lowest BCUT2D eigenvalue weighted by molar-refractivity contribution is -0.692. The van der Waals surface area contributed by atoms with Crippen molar-refractivity contribution in [1.82, 2.24) is 5.32 Å². The van der Waals surface area contributed by atoms with E-state index >= 15 is 0 Å². The summed E-state index contributed by atoms with van der Waals surface area (Å²) in [6, 6.07) is 14.4. The quantitative estimate of drug-likeness (QED) is 0.520. The van der Waals surface area contributed by atoms with Crippen LogP contribution in [-0.4, -0.2) is 17.3 Å². The van der Waals surface area contributed by atoms with Gasteiger partial charge in [0.05, 0.1) is 0 Å². The predicted octanol–water partition coefficient (Wildman–Crippen LogP) is 2.34. The number of pyridine rings is 1. The second kappa shape index (κ2) is 6.91.